The minimum atomic E-state index is -1.03. The number of rotatable bonds is 9. The van der Waals surface area contributed by atoms with Gasteiger partial charge in [0.15, 0.2) is 0 Å². The maximum absolute atomic E-state index is 11.5. The number of hydrogen-bond acceptors (Lipinski definition) is 4. The van der Waals surface area contributed by atoms with Crippen molar-refractivity contribution in [3.63, 3.8) is 0 Å². The van der Waals surface area contributed by atoms with Crippen molar-refractivity contribution in [2.24, 2.45) is 0 Å². The molecule has 0 radical (unpaired) electrons. The summed E-state index contributed by atoms with van der Waals surface area (Å²) in [6, 6.07) is 10.9. The lowest BCUT2D eigenvalue weighted by molar-refractivity contribution is -0.140. The molecule has 0 aromatic heterocycles. The highest BCUT2D eigenvalue weighted by Gasteiger charge is 2.21. The van der Waals surface area contributed by atoms with Crippen LogP contribution in [0.15, 0.2) is 30.3 Å². The van der Waals surface area contributed by atoms with Crippen LogP contribution >= 0.6 is 0 Å². The summed E-state index contributed by atoms with van der Waals surface area (Å²) in [6.07, 6.45) is 2.76. The van der Waals surface area contributed by atoms with E-state index in [0.717, 1.165) is 45.4 Å². The van der Waals surface area contributed by atoms with Crippen LogP contribution in [0.1, 0.15) is 31.2 Å². The molecule has 1 aromatic carbocycles. The second kappa shape index (κ2) is 9.43. The van der Waals surface area contributed by atoms with Crippen molar-refractivity contribution in [3.8, 4) is 0 Å². The van der Waals surface area contributed by atoms with Crippen molar-refractivity contribution in [2.75, 3.05) is 26.2 Å². The van der Waals surface area contributed by atoms with Crippen LogP contribution < -0.4 is 5.32 Å². The molecule has 1 heterocycles. The number of carboxylic acid groups (broad SMARTS) is 1. The van der Waals surface area contributed by atoms with E-state index in [2.05, 4.69) is 34.5 Å². The Labute approximate surface area is 137 Å². The first-order valence-electron chi connectivity index (χ1n) is 8.37. The summed E-state index contributed by atoms with van der Waals surface area (Å²) in [5.74, 6) is -1.20. The molecule has 0 aliphatic carbocycles. The first-order chi connectivity index (χ1) is 11.1. The van der Waals surface area contributed by atoms with Crippen LogP contribution in [0.2, 0.25) is 0 Å². The number of benzene rings is 1. The molecular formula is C18H26N2O3. The van der Waals surface area contributed by atoms with Crippen LogP contribution in [-0.2, 0) is 16.0 Å². The molecule has 2 N–H and O–H groups in total. The first-order valence-corrected chi connectivity index (χ1v) is 8.37. The molecule has 1 atom stereocenters. The van der Waals surface area contributed by atoms with Crippen LogP contribution in [-0.4, -0.2) is 54.0 Å². The SMILES string of the molecule is O=C(O)CC(=O)CCCC1CNCCN1CCc1ccccc1. The molecule has 5 nitrogen and oxygen atoms in total. The fourth-order valence-corrected chi connectivity index (χ4v) is 3.09. The Morgan fingerprint density at radius 2 is 2.04 bits per heavy atom. The predicted molar refractivity (Wildman–Crippen MR) is 89.5 cm³/mol. The van der Waals surface area contributed by atoms with Gasteiger partial charge in [-0.2, -0.15) is 0 Å². The lowest BCUT2D eigenvalue weighted by Crippen LogP contribution is -2.51. The molecule has 1 unspecified atom stereocenters. The third kappa shape index (κ3) is 6.50. The number of carbonyl (C=O) groups excluding carboxylic acids is 1. The molecule has 126 valence electrons. The fraction of sp³-hybridized carbons (Fsp3) is 0.556. The number of aliphatic carboxylic acids is 1. The van der Waals surface area contributed by atoms with Gasteiger partial charge in [0, 0.05) is 38.6 Å². The monoisotopic (exact) mass is 318 g/mol. The van der Waals surface area contributed by atoms with E-state index in [1.165, 1.54) is 5.56 Å². The van der Waals surface area contributed by atoms with Crippen molar-refractivity contribution in [1.29, 1.82) is 0 Å². The Bertz CT molecular complexity index is 504. The maximum Gasteiger partial charge on any atom is 0.310 e. The van der Waals surface area contributed by atoms with Crippen LogP contribution in [0.3, 0.4) is 0 Å². The number of carboxylic acids is 1. The first kappa shape index (κ1) is 17.6. The Hall–Kier alpha value is -1.72. The standard InChI is InChI=1S/C18H26N2O3/c21-17(13-18(22)23)8-4-7-16-14-19-10-12-20(16)11-9-15-5-2-1-3-6-15/h1-3,5-6,16,19H,4,7-14H2,(H,22,23). The third-order valence-corrected chi connectivity index (χ3v) is 4.34. The van der Waals surface area contributed by atoms with E-state index in [-0.39, 0.29) is 12.2 Å². The molecule has 1 saturated heterocycles. The van der Waals surface area contributed by atoms with Crippen LogP contribution in [0.5, 0.6) is 0 Å². The fourth-order valence-electron chi connectivity index (χ4n) is 3.09. The minimum Gasteiger partial charge on any atom is -0.481 e. The average Bonchev–Trinajstić information content (AvgIpc) is 2.54. The van der Waals surface area contributed by atoms with Crippen molar-refractivity contribution >= 4 is 11.8 Å². The van der Waals surface area contributed by atoms with Crippen molar-refractivity contribution in [2.45, 2.75) is 38.1 Å². The number of Topliss-reactive ketones (excluding diaryl/α,β-unsaturated/α-hetero) is 1. The molecule has 5 heteroatoms. The summed E-state index contributed by atoms with van der Waals surface area (Å²) < 4.78 is 0. The molecule has 0 bridgehead atoms. The van der Waals surface area contributed by atoms with Gasteiger partial charge in [-0.3, -0.25) is 14.5 Å². The molecule has 2 rings (SSSR count). The van der Waals surface area contributed by atoms with Crippen LogP contribution in [0, 0.1) is 0 Å². The molecule has 1 fully saturated rings. The lowest BCUT2D eigenvalue weighted by Gasteiger charge is -2.36. The van der Waals surface area contributed by atoms with Crippen LogP contribution in [0.4, 0.5) is 0 Å². The van der Waals surface area contributed by atoms with E-state index < -0.39 is 5.97 Å². The van der Waals surface area contributed by atoms with Crippen LogP contribution in [0.25, 0.3) is 0 Å². The van der Waals surface area contributed by atoms with Gasteiger partial charge in [0.25, 0.3) is 0 Å². The number of piperazine rings is 1. The van der Waals surface area contributed by atoms with Gasteiger partial charge >= 0.3 is 5.97 Å². The number of nitrogens with one attached hydrogen (secondary N) is 1. The zero-order valence-corrected chi connectivity index (χ0v) is 13.5. The summed E-state index contributed by atoms with van der Waals surface area (Å²) in [5, 5.41) is 12.0. The van der Waals surface area contributed by atoms with Gasteiger partial charge in [-0.15, -0.1) is 0 Å². The van der Waals surface area contributed by atoms with Crippen molar-refractivity contribution < 1.29 is 14.7 Å². The van der Waals surface area contributed by atoms with E-state index in [4.69, 9.17) is 5.11 Å². The molecule has 0 amide bonds. The average molecular weight is 318 g/mol. The zero-order valence-electron chi connectivity index (χ0n) is 13.5. The van der Waals surface area contributed by atoms with Gasteiger partial charge in [-0.1, -0.05) is 30.3 Å². The summed E-state index contributed by atoms with van der Waals surface area (Å²) in [6.45, 7) is 4.01. The number of carbonyl (C=O) groups is 2. The van der Waals surface area contributed by atoms with E-state index >= 15 is 0 Å². The van der Waals surface area contributed by atoms with Gasteiger partial charge in [0.1, 0.15) is 12.2 Å². The number of nitrogens with zero attached hydrogens (tertiary/aromatic N) is 1. The molecule has 0 saturated carbocycles. The normalized spacial score (nSPS) is 18.7. The third-order valence-electron chi connectivity index (χ3n) is 4.34. The van der Waals surface area contributed by atoms with Gasteiger partial charge < -0.3 is 10.4 Å². The number of hydrogen-bond donors (Lipinski definition) is 2. The molecule has 23 heavy (non-hydrogen) atoms. The highest BCUT2D eigenvalue weighted by molar-refractivity contribution is 5.94. The highest BCUT2D eigenvalue weighted by atomic mass is 16.4. The summed E-state index contributed by atoms with van der Waals surface area (Å²) in [7, 11) is 0. The van der Waals surface area contributed by atoms with Gasteiger partial charge in [0.05, 0.1) is 0 Å². The van der Waals surface area contributed by atoms with Crippen molar-refractivity contribution in [1.82, 2.24) is 10.2 Å². The quantitative estimate of drug-likeness (QED) is 0.679. The van der Waals surface area contributed by atoms with E-state index in [9.17, 15) is 9.59 Å². The lowest BCUT2D eigenvalue weighted by atomic mass is 10.0. The summed E-state index contributed by atoms with van der Waals surface area (Å²) in [5.41, 5.74) is 1.35. The van der Waals surface area contributed by atoms with Crippen molar-refractivity contribution in [3.05, 3.63) is 35.9 Å². The highest BCUT2D eigenvalue weighted by Crippen LogP contribution is 2.13. The Balaban J connectivity index is 1.74. The van der Waals surface area contributed by atoms with E-state index in [1.54, 1.807) is 0 Å². The smallest absolute Gasteiger partial charge is 0.310 e. The molecule has 0 spiro atoms. The predicted octanol–water partition coefficient (Wildman–Crippen LogP) is 1.72. The van der Waals surface area contributed by atoms with E-state index in [1.807, 2.05) is 6.07 Å². The van der Waals surface area contributed by atoms with Gasteiger partial charge in [-0.05, 0) is 24.8 Å². The largest absolute Gasteiger partial charge is 0.481 e. The Morgan fingerprint density at radius 1 is 1.26 bits per heavy atom. The molecular weight excluding hydrogens is 292 g/mol. The van der Waals surface area contributed by atoms with E-state index in [0.29, 0.717) is 12.5 Å². The second-order valence-corrected chi connectivity index (χ2v) is 6.13. The molecule has 1 aliphatic rings. The summed E-state index contributed by atoms with van der Waals surface area (Å²) >= 11 is 0. The Morgan fingerprint density at radius 3 is 2.78 bits per heavy atom. The van der Waals surface area contributed by atoms with Gasteiger partial charge in [0.2, 0.25) is 0 Å². The Kier molecular flexibility index (Phi) is 7.23. The topological polar surface area (TPSA) is 69.6 Å². The minimum absolute atomic E-state index is 0.169. The van der Waals surface area contributed by atoms with Gasteiger partial charge in [-0.25, -0.2) is 0 Å². The zero-order chi connectivity index (χ0) is 16.5. The molecule has 1 aromatic rings. The number of ketones is 1. The summed E-state index contributed by atoms with van der Waals surface area (Å²) in [4.78, 5) is 24.5. The molecule has 1 aliphatic heterocycles. The second-order valence-electron chi connectivity index (χ2n) is 6.13. The maximum atomic E-state index is 11.5.